The number of nitrogens with zero attached hydrogens (tertiary/aromatic N) is 2. The number of methoxy groups -OCH3 is 1. The minimum absolute atomic E-state index is 0.173. The summed E-state index contributed by atoms with van der Waals surface area (Å²) in [6.07, 6.45) is -3.66. The predicted octanol–water partition coefficient (Wildman–Crippen LogP) is 2.57. The SMILES string of the molecule is CC[C@@H](NC(=O)c1cn(-c2ccccc2)nc1C(F)(F)F)C(=O)OC. The zero-order chi connectivity index (χ0) is 18.6. The number of hydrogen-bond acceptors (Lipinski definition) is 4. The van der Waals surface area contributed by atoms with Crippen LogP contribution < -0.4 is 5.32 Å². The quantitative estimate of drug-likeness (QED) is 0.837. The van der Waals surface area contributed by atoms with E-state index in [1.54, 1.807) is 37.3 Å². The van der Waals surface area contributed by atoms with Crippen LogP contribution in [0.1, 0.15) is 29.4 Å². The van der Waals surface area contributed by atoms with Crippen LogP contribution in [0.15, 0.2) is 36.5 Å². The Morgan fingerprint density at radius 1 is 1.28 bits per heavy atom. The highest BCUT2D eigenvalue weighted by molar-refractivity contribution is 5.97. The standard InChI is InChI=1S/C16H16F3N3O3/c1-3-12(15(24)25-2)20-14(23)11-9-22(10-7-5-4-6-8-10)21-13(11)16(17,18)19/h4-9,12H,3H2,1-2H3,(H,20,23)/t12-/m1/s1. The molecule has 0 unspecified atom stereocenters. The molecule has 1 amide bonds. The number of para-hydroxylation sites is 1. The molecule has 0 aliphatic heterocycles. The van der Waals surface area contributed by atoms with E-state index in [0.29, 0.717) is 5.69 Å². The van der Waals surface area contributed by atoms with Crippen molar-refractivity contribution >= 4 is 11.9 Å². The van der Waals surface area contributed by atoms with Gasteiger partial charge in [-0.15, -0.1) is 0 Å². The van der Waals surface area contributed by atoms with Gasteiger partial charge >= 0.3 is 12.1 Å². The maximum atomic E-state index is 13.2. The van der Waals surface area contributed by atoms with Crippen molar-refractivity contribution in [2.75, 3.05) is 7.11 Å². The molecule has 9 heteroatoms. The van der Waals surface area contributed by atoms with E-state index in [1.807, 2.05) is 0 Å². The Kier molecular flexibility index (Phi) is 5.45. The summed E-state index contributed by atoms with van der Waals surface area (Å²) in [7, 11) is 1.13. The van der Waals surface area contributed by atoms with Gasteiger partial charge in [-0.2, -0.15) is 18.3 Å². The third kappa shape index (κ3) is 4.17. The molecule has 0 fully saturated rings. The number of halogens is 3. The zero-order valence-corrected chi connectivity index (χ0v) is 13.5. The van der Waals surface area contributed by atoms with Gasteiger partial charge in [0.2, 0.25) is 0 Å². The lowest BCUT2D eigenvalue weighted by Gasteiger charge is -2.14. The molecule has 1 atom stereocenters. The minimum atomic E-state index is -4.82. The second kappa shape index (κ2) is 7.37. The molecule has 1 N–H and O–H groups in total. The molecule has 1 aromatic heterocycles. The first-order valence-corrected chi connectivity index (χ1v) is 7.39. The van der Waals surface area contributed by atoms with Crippen molar-refractivity contribution in [2.24, 2.45) is 0 Å². The average molecular weight is 355 g/mol. The van der Waals surface area contributed by atoms with Gasteiger partial charge in [0.25, 0.3) is 5.91 Å². The van der Waals surface area contributed by atoms with Crippen LogP contribution in [0.3, 0.4) is 0 Å². The second-order valence-electron chi connectivity index (χ2n) is 5.13. The largest absolute Gasteiger partial charge is 0.467 e. The highest BCUT2D eigenvalue weighted by atomic mass is 19.4. The number of carbonyl (C=O) groups excluding carboxylic acids is 2. The van der Waals surface area contributed by atoms with Crippen molar-refractivity contribution < 1.29 is 27.5 Å². The van der Waals surface area contributed by atoms with Gasteiger partial charge in [0, 0.05) is 6.20 Å². The Balaban J connectivity index is 2.40. The van der Waals surface area contributed by atoms with Gasteiger partial charge in [0.15, 0.2) is 5.69 Å². The maximum Gasteiger partial charge on any atom is 0.435 e. The van der Waals surface area contributed by atoms with Crippen LogP contribution in [-0.2, 0) is 15.7 Å². The molecule has 0 aliphatic carbocycles. The van der Waals surface area contributed by atoms with Crippen LogP contribution >= 0.6 is 0 Å². The first kappa shape index (κ1) is 18.5. The van der Waals surface area contributed by atoms with E-state index in [0.717, 1.165) is 18.0 Å². The van der Waals surface area contributed by atoms with Crippen LogP contribution in [0, 0.1) is 0 Å². The lowest BCUT2D eigenvalue weighted by molar-refractivity contribution is -0.142. The molecule has 0 saturated heterocycles. The summed E-state index contributed by atoms with van der Waals surface area (Å²) >= 11 is 0. The van der Waals surface area contributed by atoms with E-state index in [4.69, 9.17) is 0 Å². The minimum Gasteiger partial charge on any atom is -0.467 e. The van der Waals surface area contributed by atoms with Gasteiger partial charge in [-0.05, 0) is 18.6 Å². The predicted molar refractivity (Wildman–Crippen MR) is 82.1 cm³/mol. The molecule has 0 saturated carbocycles. The first-order chi connectivity index (χ1) is 11.8. The van der Waals surface area contributed by atoms with Crippen LogP contribution in [0.4, 0.5) is 13.2 Å². The molecule has 0 aliphatic rings. The lowest BCUT2D eigenvalue weighted by atomic mass is 10.2. The smallest absolute Gasteiger partial charge is 0.435 e. The number of alkyl halides is 3. The van der Waals surface area contributed by atoms with E-state index in [9.17, 15) is 22.8 Å². The fourth-order valence-corrected chi connectivity index (χ4v) is 2.17. The summed E-state index contributed by atoms with van der Waals surface area (Å²) in [5.41, 5.74) is -1.63. The molecule has 134 valence electrons. The van der Waals surface area contributed by atoms with Crippen molar-refractivity contribution in [3.05, 3.63) is 47.8 Å². The number of hydrogen-bond donors (Lipinski definition) is 1. The van der Waals surface area contributed by atoms with Crippen molar-refractivity contribution in [3.63, 3.8) is 0 Å². The Morgan fingerprint density at radius 3 is 2.44 bits per heavy atom. The summed E-state index contributed by atoms with van der Waals surface area (Å²) < 4.78 is 45.2. The van der Waals surface area contributed by atoms with Gasteiger partial charge in [0.05, 0.1) is 18.4 Å². The number of esters is 1. The molecular weight excluding hydrogens is 339 g/mol. The third-order valence-electron chi connectivity index (χ3n) is 3.45. The van der Waals surface area contributed by atoms with Crippen molar-refractivity contribution in [1.82, 2.24) is 15.1 Å². The Labute approximate surface area is 141 Å². The van der Waals surface area contributed by atoms with E-state index < -0.39 is 35.4 Å². The van der Waals surface area contributed by atoms with E-state index in [-0.39, 0.29) is 6.42 Å². The zero-order valence-electron chi connectivity index (χ0n) is 13.5. The van der Waals surface area contributed by atoms with Crippen LogP contribution in [0.5, 0.6) is 0 Å². The molecule has 25 heavy (non-hydrogen) atoms. The number of carbonyl (C=O) groups is 2. The number of amides is 1. The van der Waals surface area contributed by atoms with E-state index in [2.05, 4.69) is 15.2 Å². The van der Waals surface area contributed by atoms with Crippen LogP contribution in [-0.4, -0.2) is 34.8 Å². The van der Waals surface area contributed by atoms with Gasteiger partial charge in [-0.1, -0.05) is 25.1 Å². The van der Waals surface area contributed by atoms with Crippen molar-refractivity contribution in [1.29, 1.82) is 0 Å². The van der Waals surface area contributed by atoms with Gasteiger partial charge in [0.1, 0.15) is 6.04 Å². The topological polar surface area (TPSA) is 73.2 Å². The van der Waals surface area contributed by atoms with Gasteiger partial charge in [-0.25, -0.2) is 9.48 Å². The van der Waals surface area contributed by atoms with Crippen molar-refractivity contribution in [3.8, 4) is 5.69 Å². The highest BCUT2D eigenvalue weighted by Gasteiger charge is 2.40. The summed E-state index contributed by atoms with van der Waals surface area (Å²) in [6.45, 7) is 1.60. The summed E-state index contributed by atoms with van der Waals surface area (Å²) in [4.78, 5) is 23.8. The Hall–Kier alpha value is -2.84. The number of ether oxygens (including phenoxy) is 1. The van der Waals surface area contributed by atoms with Gasteiger partial charge < -0.3 is 10.1 Å². The Bertz CT molecular complexity index is 757. The first-order valence-electron chi connectivity index (χ1n) is 7.39. The lowest BCUT2D eigenvalue weighted by Crippen LogP contribution is -2.41. The fraction of sp³-hybridized carbons (Fsp3) is 0.312. The normalized spacial score (nSPS) is 12.5. The molecular formula is C16H16F3N3O3. The van der Waals surface area contributed by atoms with Crippen LogP contribution in [0.25, 0.3) is 5.69 Å². The molecule has 0 bridgehead atoms. The average Bonchev–Trinajstić information content (AvgIpc) is 3.05. The molecule has 1 aromatic carbocycles. The highest BCUT2D eigenvalue weighted by Crippen LogP contribution is 2.31. The summed E-state index contributed by atoms with van der Waals surface area (Å²) in [5, 5.41) is 5.73. The fourth-order valence-electron chi connectivity index (χ4n) is 2.17. The molecule has 0 spiro atoms. The monoisotopic (exact) mass is 355 g/mol. The second-order valence-corrected chi connectivity index (χ2v) is 5.13. The number of rotatable bonds is 5. The number of aromatic nitrogens is 2. The molecule has 0 radical (unpaired) electrons. The Morgan fingerprint density at radius 2 is 1.92 bits per heavy atom. The van der Waals surface area contributed by atoms with E-state index in [1.165, 1.54) is 0 Å². The van der Waals surface area contributed by atoms with Crippen LogP contribution in [0.2, 0.25) is 0 Å². The third-order valence-corrected chi connectivity index (χ3v) is 3.45. The summed E-state index contributed by atoms with van der Waals surface area (Å²) in [5.74, 6) is -1.79. The maximum absolute atomic E-state index is 13.2. The molecule has 2 aromatic rings. The van der Waals surface area contributed by atoms with E-state index >= 15 is 0 Å². The van der Waals surface area contributed by atoms with Crippen molar-refractivity contribution in [2.45, 2.75) is 25.6 Å². The van der Waals surface area contributed by atoms with Gasteiger partial charge in [-0.3, -0.25) is 4.79 Å². The molecule has 6 nitrogen and oxygen atoms in total. The summed E-state index contributed by atoms with van der Waals surface area (Å²) in [6, 6.07) is 7.03. The molecule has 2 rings (SSSR count). The number of nitrogens with one attached hydrogen (secondary N) is 1. The number of benzene rings is 1. The molecule has 1 heterocycles.